The fourth-order valence-corrected chi connectivity index (χ4v) is 2.21. The van der Waals surface area contributed by atoms with Crippen LogP contribution in [0.1, 0.15) is 10.4 Å². The first-order valence-electron chi connectivity index (χ1n) is 4.76. The maximum atomic E-state index is 9.11. The third-order valence-electron chi connectivity index (χ3n) is 2.22. The Morgan fingerprint density at radius 1 is 1.25 bits per heavy atom. The monoisotopic (exact) mass is 233 g/mol. The van der Waals surface area contributed by atoms with Gasteiger partial charge in [-0.1, -0.05) is 23.4 Å². The minimum atomic E-state index is 0.535. The average Bonchev–Trinajstić information content (AvgIpc) is 2.84. The highest BCUT2D eigenvalue weighted by atomic mass is 32.1. The molecule has 1 N–H and O–H groups in total. The van der Waals surface area contributed by atoms with Gasteiger partial charge in [0.1, 0.15) is 11.5 Å². The molecular weight excluding hydrogens is 222 g/mol. The number of hydrogen-bond acceptors (Lipinski definition) is 4. The van der Waals surface area contributed by atoms with Crippen molar-refractivity contribution in [1.29, 1.82) is 0 Å². The van der Waals surface area contributed by atoms with Crippen molar-refractivity contribution in [3.8, 4) is 5.75 Å². The number of benzene rings is 1. The van der Waals surface area contributed by atoms with E-state index in [1.807, 2.05) is 41.8 Å². The van der Waals surface area contributed by atoms with Gasteiger partial charge in [0.05, 0.1) is 12.0 Å². The van der Waals surface area contributed by atoms with Gasteiger partial charge in [-0.2, -0.15) is 0 Å². The fraction of sp³-hybridized carbons (Fsp3) is 0.0833. The lowest BCUT2D eigenvalue weighted by Crippen LogP contribution is -2.03. The van der Waals surface area contributed by atoms with E-state index in [0.29, 0.717) is 11.5 Å². The zero-order valence-electron chi connectivity index (χ0n) is 8.75. The van der Waals surface area contributed by atoms with Crippen molar-refractivity contribution in [2.75, 3.05) is 7.11 Å². The summed E-state index contributed by atoms with van der Waals surface area (Å²) in [7, 11) is 1.60. The van der Waals surface area contributed by atoms with Gasteiger partial charge in [0.15, 0.2) is 0 Å². The van der Waals surface area contributed by atoms with Gasteiger partial charge in [-0.25, -0.2) is 0 Å². The predicted molar refractivity (Wildman–Crippen MR) is 64.7 cm³/mol. The Kier molecular flexibility index (Phi) is 3.22. The number of hydrogen-bond donors (Lipinski definition) is 1. The van der Waals surface area contributed by atoms with Crippen molar-refractivity contribution in [2.45, 2.75) is 0 Å². The summed E-state index contributed by atoms with van der Waals surface area (Å²) in [6.45, 7) is 0. The second-order valence-electron chi connectivity index (χ2n) is 3.13. The summed E-state index contributed by atoms with van der Waals surface area (Å²) in [5.41, 5.74) is 1.32. The summed E-state index contributed by atoms with van der Waals surface area (Å²) in [5.74, 6) is 0.698. The van der Waals surface area contributed by atoms with Crippen LogP contribution in [0.3, 0.4) is 0 Å². The van der Waals surface area contributed by atoms with Crippen molar-refractivity contribution in [3.63, 3.8) is 0 Å². The topological polar surface area (TPSA) is 41.8 Å². The highest BCUT2D eigenvalue weighted by Crippen LogP contribution is 2.23. The van der Waals surface area contributed by atoms with Crippen LogP contribution < -0.4 is 4.74 Å². The first kappa shape index (κ1) is 10.7. The van der Waals surface area contributed by atoms with Gasteiger partial charge in [0.25, 0.3) is 0 Å². The van der Waals surface area contributed by atoms with E-state index in [2.05, 4.69) is 5.16 Å². The number of oxime groups is 1. The summed E-state index contributed by atoms with van der Waals surface area (Å²) in [5, 5.41) is 14.4. The van der Waals surface area contributed by atoms with Crippen molar-refractivity contribution in [2.24, 2.45) is 5.16 Å². The van der Waals surface area contributed by atoms with Crippen molar-refractivity contribution in [3.05, 3.63) is 52.2 Å². The number of methoxy groups -OCH3 is 1. The lowest BCUT2D eigenvalue weighted by molar-refractivity contribution is 0.319. The van der Waals surface area contributed by atoms with Crippen LogP contribution in [0.25, 0.3) is 0 Å². The molecule has 0 aliphatic heterocycles. The molecule has 1 heterocycles. The maximum Gasteiger partial charge on any atom is 0.130 e. The molecule has 0 aliphatic rings. The summed E-state index contributed by atoms with van der Waals surface area (Å²) < 4.78 is 5.24. The summed E-state index contributed by atoms with van der Waals surface area (Å²) >= 11 is 1.52. The molecule has 16 heavy (non-hydrogen) atoms. The number of nitrogens with zero attached hydrogens (tertiary/aromatic N) is 1. The van der Waals surface area contributed by atoms with Crippen LogP contribution in [-0.2, 0) is 0 Å². The van der Waals surface area contributed by atoms with E-state index < -0.39 is 0 Å². The van der Waals surface area contributed by atoms with E-state index in [1.165, 1.54) is 11.3 Å². The van der Waals surface area contributed by atoms with E-state index in [0.717, 1.165) is 10.4 Å². The molecule has 3 nitrogen and oxygen atoms in total. The number of para-hydroxylation sites is 1. The Bertz CT molecular complexity index is 491. The van der Waals surface area contributed by atoms with Crippen LogP contribution in [0.5, 0.6) is 5.75 Å². The van der Waals surface area contributed by atoms with Gasteiger partial charge < -0.3 is 9.94 Å². The smallest absolute Gasteiger partial charge is 0.130 e. The molecule has 0 saturated carbocycles. The van der Waals surface area contributed by atoms with Crippen molar-refractivity contribution in [1.82, 2.24) is 0 Å². The third-order valence-corrected chi connectivity index (χ3v) is 3.09. The van der Waals surface area contributed by atoms with E-state index in [4.69, 9.17) is 9.94 Å². The molecule has 0 aliphatic carbocycles. The van der Waals surface area contributed by atoms with Gasteiger partial charge in [0.2, 0.25) is 0 Å². The molecule has 0 bridgehead atoms. The minimum Gasteiger partial charge on any atom is -0.496 e. The lowest BCUT2D eigenvalue weighted by Gasteiger charge is -2.07. The summed E-state index contributed by atoms with van der Waals surface area (Å²) in [6.07, 6.45) is 0. The first-order valence-corrected chi connectivity index (χ1v) is 5.64. The molecule has 0 unspecified atom stereocenters. The molecule has 0 radical (unpaired) electrons. The molecular formula is C12H11NO2S. The molecule has 0 amide bonds. The van der Waals surface area contributed by atoms with Crippen LogP contribution in [0.15, 0.2) is 46.9 Å². The van der Waals surface area contributed by atoms with E-state index in [-0.39, 0.29) is 0 Å². The molecule has 0 saturated heterocycles. The SMILES string of the molecule is COc1ccccc1/C(=N/O)c1cccs1. The Morgan fingerprint density at radius 3 is 2.69 bits per heavy atom. The Morgan fingerprint density at radius 2 is 2.06 bits per heavy atom. The number of ether oxygens (including phenoxy) is 1. The van der Waals surface area contributed by atoms with Crippen LogP contribution in [0.2, 0.25) is 0 Å². The van der Waals surface area contributed by atoms with E-state index in [1.54, 1.807) is 7.11 Å². The average molecular weight is 233 g/mol. The zero-order valence-corrected chi connectivity index (χ0v) is 9.57. The highest BCUT2D eigenvalue weighted by molar-refractivity contribution is 7.12. The maximum absolute atomic E-state index is 9.11. The van der Waals surface area contributed by atoms with Gasteiger partial charge >= 0.3 is 0 Å². The van der Waals surface area contributed by atoms with Crippen LogP contribution in [0, 0.1) is 0 Å². The number of rotatable bonds is 3. The van der Waals surface area contributed by atoms with Gasteiger partial charge in [-0.05, 0) is 23.6 Å². The van der Waals surface area contributed by atoms with E-state index >= 15 is 0 Å². The molecule has 4 heteroatoms. The molecule has 0 fully saturated rings. The van der Waals surface area contributed by atoms with Crippen molar-refractivity contribution >= 4 is 17.0 Å². The normalized spacial score (nSPS) is 11.4. The third kappa shape index (κ3) is 1.92. The van der Waals surface area contributed by atoms with Gasteiger partial charge in [-0.3, -0.25) is 0 Å². The molecule has 0 spiro atoms. The Balaban J connectivity index is 2.50. The van der Waals surface area contributed by atoms with Gasteiger partial charge in [-0.15, -0.1) is 11.3 Å². The minimum absolute atomic E-state index is 0.535. The molecule has 1 aromatic heterocycles. The second-order valence-corrected chi connectivity index (χ2v) is 4.07. The van der Waals surface area contributed by atoms with Gasteiger partial charge in [0, 0.05) is 5.56 Å². The lowest BCUT2D eigenvalue weighted by atomic mass is 10.1. The predicted octanol–water partition coefficient (Wildman–Crippen LogP) is 2.98. The first-order chi connectivity index (χ1) is 7.86. The molecule has 0 atom stereocenters. The fourth-order valence-electron chi connectivity index (χ4n) is 1.49. The Labute approximate surface area is 97.6 Å². The van der Waals surface area contributed by atoms with E-state index in [9.17, 15) is 0 Å². The molecule has 2 aromatic rings. The Hall–Kier alpha value is -1.81. The largest absolute Gasteiger partial charge is 0.496 e. The van der Waals surface area contributed by atoms with Crippen LogP contribution in [0.4, 0.5) is 0 Å². The quantitative estimate of drug-likeness (QED) is 0.503. The molecule has 82 valence electrons. The molecule has 2 rings (SSSR count). The summed E-state index contributed by atoms with van der Waals surface area (Å²) in [4.78, 5) is 0.909. The van der Waals surface area contributed by atoms with Crippen LogP contribution >= 0.6 is 11.3 Å². The van der Waals surface area contributed by atoms with Crippen LogP contribution in [-0.4, -0.2) is 18.0 Å². The highest BCUT2D eigenvalue weighted by Gasteiger charge is 2.13. The second kappa shape index (κ2) is 4.81. The zero-order chi connectivity index (χ0) is 11.4. The summed E-state index contributed by atoms with van der Waals surface area (Å²) in [6, 6.07) is 11.3. The standard InChI is InChI=1S/C12H11NO2S/c1-15-10-6-3-2-5-9(10)12(13-14)11-7-4-8-16-11/h2-8,14H,1H3/b13-12-. The molecule has 1 aromatic carbocycles. The number of thiophene rings is 1. The van der Waals surface area contributed by atoms with Crippen molar-refractivity contribution < 1.29 is 9.94 Å².